The van der Waals surface area contributed by atoms with E-state index in [1.807, 2.05) is 17.5 Å². The molecule has 1 aromatic heterocycles. The number of rotatable bonds is 5. The molecule has 0 N–H and O–H groups in total. The fraction of sp³-hybridized carbons (Fsp3) is 0.545. The molecule has 6 heteroatoms. The van der Waals surface area contributed by atoms with Crippen molar-refractivity contribution in [2.45, 2.75) is 12.6 Å². The SMILES string of the molecule is CN(CCc1cccs1)CC(C#N)C(F)(F)F. The van der Waals surface area contributed by atoms with Crippen molar-refractivity contribution in [3.05, 3.63) is 22.4 Å². The van der Waals surface area contributed by atoms with Crippen molar-refractivity contribution in [1.82, 2.24) is 4.90 Å². The minimum atomic E-state index is -4.44. The predicted molar refractivity (Wildman–Crippen MR) is 60.7 cm³/mol. The van der Waals surface area contributed by atoms with Gasteiger partial charge in [-0.05, 0) is 24.9 Å². The van der Waals surface area contributed by atoms with Gasteiger partial charge in [0.25, 0.3) is 0 Å². The van der Waals surface area contributed by atoms with Gasteiger partial charge in [-0.25, -0.2) is 0 Å². The Morgan fingerprint density at radius 1 is 1.53 bits per heavy atom. The highest BCUT2D eigenvalue weighted by molar-refractivity contribution is 7.09. The third kappa shape index (κ3) is 4.75. The number of hydrogen-bond acceptors (Lipinski definition) is 3. The minimum Gasteiger partial charge on any atom is -0.304 e. The van der Waals surface area contributed by atoms with E-state index < -0.39 is 12.1 Å². The van der Waals surface area contributed by atoms with Crippen LogP contribution in [0, 0.1) is 17.2 Å². The first-order chi connectivity index (χ1) is 7.93. The number of hydrogen-bond donors (Lipinski definition) is 0. The summed E-state index contributed by atoms with van der Waals surface area (Å²) in [6.07, 6.45) is -3.73. The third-order valence-electron chi connectivity index (χ3n) is 2.37. The highest BCUT2D eigenvalue weighted by atomic mass is 32.1. The van der Waals surface area contributed by atoms with Crippen molar-refractivity contribution in [3.8, 4) is 6.07 Å². The van der Waals surface area contributed by atoms with Crippen LogP contribution in [-0.2, 0) is 6.42 Å². The lowest BCUT2D eigenvalue weighted by atomic mass is 10.1. The maximum atomic E-state index is 12.3. The molecule has 17 heavy (non-hydrogen) atoms. The molecule has 1 heterocycles. The number of thiophene rings is 1. The summed E-state index contributed by atoms with van der Waals surface area (Å²) in [5, 5.41) is 10.4. The first kappa shape index (κ1) is 14.0. The Morgan fingerprint density at radius 3 is 2.71 bits per heavy atom. The Labute approximate surface area is 102 Å². The lowest BCUT2D eigenvalue weighted by molar-refractivity contribution is -0.162. The first-order valence-corrected chi connectivity index (χ1v) is 5.98. The van der Waals surface area contributed by atoms with Crippen LogP contribution in [0.2, 0.25) is 0 Å². The quantitative estimate of drug-likeness (QED) is 0.815. The molecular formula is C11H13F3N2S. The van der Waals surface area contributed by atoms with E-state index in [9.17, 15) is 13.2 Å². The molecule has 0 radical (unpaired) electrons. The fourth-order valence-corrected chi connectivity index (χ4v) is 2.07. The maximum absolute atomic E-state index is 12.3. The second-order valence-corrected chi connectivity index (χ2v) is 4.85. The number of alkyl halides is 3. The molecule has 1 aromatic rings. The van der Waals surface area contributed by atoms with Crippen molar-refractivity contribution in [2.75, 3.05) is 20.1 Å². The van der Waals surface area contributed by atoms with Crippen molar-refractivity contribution in [2.24, 2.45) is 5.92 Å². The summed E-state index contributed by atoms with van der Waals surface area (Å²) in [6.45, 7) is 0.250. The molecular weight excluding hydrogens is 249 g/mol. The monoisotopic (exact) mass is 262 g/mol. The van der Waals surface area contributed by atoms with Crippen molar-refractivity contribution in [1.29, 1.82) is 5.26 Å². The highest BCUT2D eigenvalue weighted by Crippen LogP contribution is 2.26. The van der Waals surface area contributed by atoms with E-state index in [0.717, 1.165) is 4.88 Å². The highest BCUT2D eigenvalue weighted by Gasteiger charge is 2.40. The molecule has 0 amide bonds. The standard InChI is InChI=1S/C11H13F3N2S/c1-16(5-4-10-3-2-6-17-10)8-9(7-15)11(12,13)14/h2-3,6,9H,4-5,8H2,1H3. The Bertz CT molecular complexity index is 367. The summed E-state index contributed by atoms with van der Waals surface area (Å²) >= 11 is 1.58. The number of nitrogens with zero attached hydrogens (tertiary/aromatic N) is 2. The van der Waals surface area contributed by atoms with Gasteiger partial charge in [-0.3, -0.25) is 0 Å². The van der Waals surface area contributed by atoms with Gasteiger partial charge in [0.2, 0.25) is 0 Å². The molecule has 0 saturated heterocycles. The zero-order valence-corrected chi connectivity index (χ0v) is 10.2. The van der Waals surface area contributed by atoms with E-state index >= 15 is 0 Å². The number of halogens is 3. The molecule has 2 nitrogen and oxygen atoms in total. The van der Waals surface area contributed by atoms with Gasteiger partial charge in [-0.1, -0.05) is 6.07 Å². The second kappa shape index (κ2) is 6.03. The van der Waals surface area contributed by atoms with Gasteiger partial charge < -0.3 is 4.90 Å². The molecule has 0 spiro atoms. The first-order valence-electron chi connectivity index (χ1n) is 5.10. The van der Waals surface area contributed by atoms with Crippen LogP contribution in [0.25, 0.3) is 0 Å². The molecule has 0 aliphatic rings. The Hall–Kier alpha value is -1.06. The van der Waals surface area contributed by atoms with Gasteiger partial charge in [0.15, 0.2) is 5.92 Å². The van der Waals surface area contributed by atoms with Crippen LogP contribution in [-0.4, -0.2) is 31.2 Å². The van der Waals surface area contributed by atoms with Crippen LogP contribution in [0.5, 0.6) is 0 Å². The summed E-state index contributed by atoms with van der Waals surface area (Å²) in [4.78, 5) is 2.68. The molecule has 0 aliphatic carbocycles. The van der Waals surface area contributed by atoms with Crippen LogP contribution in [0.3, 0.4) is 0 Å². The lowest BCUT2D eigenvalue weighted by Gasteiger charge is -2.21. The number of likely N-dealkylation sites (N-methyl/N-ethyl adjacent to an activating group) is 1. The van der Waals surface area contributed by atoms with Gasteiger partial charge in [-0.15, -0.1) is 11.3 Å². The van der Waals surface area contributed by atoms with Gasteiger partial charge in [0, 0.05) is 18.0 Å². The Kier molecular flexibility index (Phi) is 4.97. The Morgan fingerprint density at radius 2 is 2.24 bits per heavy atom. The van der Waals surface area contributed by atoms with E-state index in [1.165, 1.54) is 6.07 Å². The molecule has 0 aromatic carbocycles. The van der Waals surface area contributed by atoms with E-state index in [-0.39, 0.29) is 6.54 Å². The fourth-order valence-electron chi connectivity index (χ4n) is 1.38. The minimum absolute atomic E-state index is 0.272. The van der Waals surface area contributed by atoms with Crippen molar-refractivity contribution >= 4 is 11.3 Å². The molecule has 0 fully saturated rings. The second-order valence-electron chi connectivity index (χ2n) is 3.81. The molecule has 0 bridgehead atoms. The van der Waals surface area contributed by atoms with E-state index in [4.69, 9.17) is 5.26 Å². The summed E-state index contributed by atoms with van der Waals surface area (Å²) in [6, 6.07) is 5.16. The van der Waals surface area contributed by atoms with E-state index in [0.29, 0.717) is 13.0 Å². The topological polar surface area (TPSA) is 27.0 Å². The van der Waals surface area contributed by atoms with Gasteiger partial charge in [0.05, 0.1) is 6.07 Å². The largest absolute Gasteiger partial charge is 0.405 e. The van der Waals surface area contributed by atoms with Crippen molar-refractivity contribution in [3.63, 3.8) is 0 Å². The number of nitriles is 1. The normalized spacial score (nSPS) is 13.6. The molecule has 0 aliphatic heterocycles. The van der Waals surface area contributed by atoms with E-state index in [1.54, 1.807) is 23.3 Å². The zero-order valence-electron chi connectivity index (χ0n) is 9.37. The molecule has 1 atom stereocenters. The molecule has 1 unspecified atom stereocenters. The summed E-state index contributed by atoms with van der Waals surface area (Å²) in [7, 11) is 1.60. The molecule has 0 saturated carbocycles. The van der Waals surface area contributed by atoms with Crippen LogP contribution in [0.1, 0.15) is 4.88 Å². The predicted octanol–water partition coefficient (Wildman–Crippen LogP) is 2.92. The summed E-state index contributed by atoms with van der Waals surface area (Å²) < 4.78 is 37.0. The van der Waals surface area contributed by atoms with Gasteiger partial charge in [-0.2, -0.15) is 18.4 Å². The van der Waals surface area contributed by atoms with Gasteiger partial charge >= 0.3 is 6.18 Å². The Balaban J connectivity index is 2.39. The maximum Gasteiger partial charge on any atom is 0.405 e. The average Bonchev–Trinajstić information content (AvgIpc) is 2.74. The average molecular weight is 262 g/mol. The van der Waals surface area contributed by atoms with Crippen molar-refractivity contribution < 1.29 is 13.2 Å². The van der Waals surface area contributed by atoms with Gasteiger partial charge in [0.1, 0.15) is 0 Å². The molecule has 1 rings (SSSR count). The van der Waals surface area contributed by atoms with Crippen LogP contribution >= 0.6 is 11.3 Å². The lowest BCUT2D eigenvalue weighted by Crippen LogP contribution is -2.34. The van der Waals surface area contributed by atoms with Crippen LogP contribution in [0.4, 0.5) is 13.2 Å². The zero-order chi connectivity index (χ0) is 12.9. The van der Waals surface area contributed by atoms with E-state index in [2.05, 4.69) is 0 Å². The smallest absolute Gasteiger partial charge is 0.304 e. The molecule has 94 valence electrons. The third-order valence-corrected chi connectivity index (χ3v) is 3.30. The summed E-state index contributed by atoms with van der Waals surface area (Å²) in [5.41, 5.74) is 0. The van der Waals surface area contributed by atoms with Crippen LogP contribution < -0.4 is 0 Å². The summed E-state index contributed by atoms with van der Waals surface area (Å²) in [5.74, 6) is -1.91. The van der Waals surface area contributed by atoms with Crippen LogP contribution in [0.15, 0.2) is 17.5 Å².